The van der Waals surface area contributed by atoms with E-state index in [2.05, 4.69) is 11.4 Å². The second-order valence-electron chi connectivity index (χ2n) is 7.71. The molecule has 0 unspecified atom stereocenters. The van der Waals surface area contributed by atoms with Gasteiger partial charge in [-0.15, -0.1) is 0 Å². The number of ether oxygens (including phenoxy) is 1. The number of halogens is 1. The molecule has 0 amide bonds. The van der Waals surface area contributed by atoms with Gasteiger partial charge in [-0.2, -0.15) is 5.26 Å². The van der Waals surface area contributed by atoms with Crippen LogP contribution in [0.1, 0.15) is 52.1 Å². The number of hydrogen-bond donors (Lipinski definition) is 1. The third kappa shape index (κ3) is 3.92. The van der Waals surface area contributed by atoms with Crippen molar-refractivity contribution in [2.75, 3.05) is 0 Å². The van der Waals surface area contributed by atoms with Crippen molar-refractivity contribution in [2.24, 2.45) is 11.8 Å². The zero-order valence-corrected chi connectivity index (χ0v) is 16.3. The van der Waals surface area contributed by atoms with Crippen molar-refractivity contribution in [3.8, 4) is 6.07 Å². The largest absolute Gasteiger partial charge is 0.458 e. The first kappa shape index (κ1) is 20.4. The van der Waals surface area contributed by atoms with Gasteiger partial charge in [0.2, 0.25) is 5.54 Å². The molecule has 0 saturated carbocycles. The van der Waals surface area contributed by atoms with Crippen molar-refractivity contribution in [3.05, 3.63) is 34.9 Å². The van der Waals surface area contributed by atoms with E-state index < -0.39 is 35.0 Å². The standard InChI is InChI=1S/C20H25ClN2O3/c1-5-7-16-15(11-24)17(13-8-6-9-14(21)10-13)23-20(16,12-22)18(25)26-19(2,3)4/h6,8-11,15-17,23H,5,7H2,1-4H3/t15-,16-,17-,20-/m1/s1. The molecule has 0 aromatic heterocycles. The van der Waals surface area contributed by atoms with Crippen LogP contribution >= 0.6 is 11.6 Å². The Kier molecular flexibility index (Phi) is 6.10. The lowest BCUT2D eigenvalue weighted by Gasteiger charge is -2.31. The van der Waals surface area contributed by atoms with E-state index in [-0.39, 0.29) is 0 Å². The minimum atomic E-state index is -1.57. The minimum Gasteiger partial charge on any atom is -0.458 e. The molecule has 1 aliphatic heterocycles. The second kappa shape index (κ2) is 7.77. The number of benzene rings is 1. The van der Waals surface area contributed by atoms with Gasteiger partial charge in [0.05, 0.1) is 6.07 Å². The normalized spacial score (nSPS) is 28.4. The minimum absolute atomic E-state index is 0.477. The fraction of sp³-hybridized carbons (Fsp3) is 0.550. The second-order valence-corrected chi connectivity index (χ2v) is 8.14. The van der Waals surface area contributed by atoms with Gasteiger partial charge < -0.3 is 9.53 Å². The molecule has 2 rings (SSSR count). The maximum absolute atomic E-state index is 13.0. The molecule has 26 heavy (non-hydrogen) atoms. The number of nitrogens with one attached hydrogen (secondary N) is 1. The predicted octanol–water partition coefficient (Wildman–Crippen LogP) is 3.82. The van der Waals surface area contributed by atoms with Gasteiger partial charge in [0, 0.05) is 22.9 Å². The van der Waals surface area contributed by atoms with Crippen LogP contribution in [0.2, 0.25) is 5.02 Å². The molecule has 4 atom stereocenters. The topological polar surface area (TPSA) is 79.2 Å². The van der Waals surface area contributed by atoms with Crippen LogP contribution < -0.4 is 5.32 Å². The Morgan fingerprint density at radius 2 is 2.15 bits per heavy atom. The number of carbonyl (C=O) groups excluding carboxylic acids is 2. The van der Waals surface area contributed by atoms with E-state index in [1.54, 1.807) is 39.0 Å². The lowest BCUT2D eigenvalue weighted by Crippen LogP contribution is -2.54. The van der Waals surface area contributed by atoms with Gasteiger partial charge in [-0.05, 0) is 44.9 Å². The van der Waals surface area contributed by atoms with E-state index in [1.165, 1.54) is 0 Å². The first-order chi connectivity index (χ1) is 12.2. The highest BCUT2D eigenvalue weighted by molar-refractivity contribution is 6.30. The number of carbonyl (C=O) groups is 2. The van der Waals surface area contributed by atoms with E-state index in [0.717, 1.165) is 18.3 Å². The van der Waals surface area contributed by atoms with Crippen LogP contribution in [0, 0.1) is 23.2 Å². The maximum atomic E-state index is 13.0. The van der Waals surface area contributed by atoms with Crippen LogP contribution in [0.3, 0.4) is 0 Å². The van der Waals surface area contributed by atoms with Crippen molar-refractivity contribution in [3.63, 3.8) is 0 Å². The van der Waals surface area contributed by atoms with Gasteiger partial charge in [0.25, 0.3) is 0 Å². The Morgan fingerprint density at radius 1 is 1.46 bits per heavy atom. The summed E-state index contributed by atoms with van der Waals surface area (Å²) < 4.78 is 5.53. The molecule has 1 N–H and O–H groups in total. The summed E-state index contributed by atoms with van der Waals surface area (Å²) >= 11 is 6.09. The number of hydrogen-bond acceptors (Lipinski definition) is 5. The van der Waals surface area contributed by atoms with Crippen LogP contribution in [0.15, 0.2) is 24.3 Å². The first-order valence-corrected chi connectivity index (χ1v) is 9.19. The van der Waals surface area contributed by atoms with Crippen LogP contribution in [-0.2, 0) is 14.3 Å². The van der Waals surface area contributed by atoms with Crippen molar-refractivity contribution >= 4 is 23.9 Å². The van der Waals surface area contributed by atoms with E-state index in [9.17, 15) is 14.9 Å². The summed E-state index contributed by atoms with van der Waals surface area (Å²) in [6.07, 6.45) is 2.13. The monoisotopic (exact) mass is 376 g/mol. The quantitative estimate of drug-likeness (QED) is 0.624. The Balaban J connectivity index is 2.51. The molecule has 0 radical (unpaired) electrons. The van der Waals surface area contributed by atoms with E-state index in [0.29, 0.717) is 11.4 Å². The fourth-order valence-electron chi connectivity index (χ4n) is 3.60. The molecule has 140 valence electrons. The molecule has 1 fully saturated rings. The Bertz CT molecular complexity index is 723. The summed E-state index contributed by atoms with van der Waals surface area (Å²) in [6.45, 7) is 7.23. The summed E-state index contributed by atoms with van der Waals surface area (Å²) in [5, 5.41) is 13.6. The number of nitrogens with zero attached hydrogens (tertiary/aromatic N) is 1. The summed E-state index contributed by atoms with van der Waals surface area (Å²) in [7, 11) is 0. The molecule has 6 heteroatoms. The number of aldehydes is 1. The van der Waals surface area contributed by atoms with E-state index in [4.69, 9.17) is 16.3 Å². The molecule has 0 spiro atoms. The predicted molar refractivity (Wildman–Crippen MR) is 99.5 cm³/mol. The van der Waals surface area contributed by atoms with Crippen LogP contribution in [0.25, 0.3) is 0 Å². The van der Waals surface area contributed by atoms with E-state index in [1.807, 2.05) is 13.0 Å². The third-order valence-corrected chi connectivity index (χ3v) is 4.89. The highest BCUT2D eigenvalue weighted by atomic mass is 35.5. The highest BCUT2D eigenvalue weighted by Gasteiger charge is 2.59. The van der Waals surface area contributed by atoms with Gasteiger partial charge in [-0.3, -0.25) is 5.32 Å². The molecule has 0 aliphatic carbocycles. The maximum Gasteiger partial charge on any atom is 0.342 e. The molecular formula is C20H25ClN2O3. The van der Waals surface area contributed by atoms with Crippen LogP contribution in [-0.4, -0.2) is 23.4 Å². The fourth-order valence-corrected chi connectivity index (χ4v) is 3.80. The van der Waals surface area contributed by atoms with Crippen molar-refractivity contribution < 1.29 is 14.3 Å². The van der Waals surface area contributed by atoms with Crippen molar-refractivity contribution in [1.29, 1.82) is 5.26 Å². The summed E-state index contributed by atoms with van der Waals surface area (Å²) in [5.41, 5.74) is -1.53. The summed E-state index contributed by atoms with van der Waals surface area (Å²) in [6, 6.07) is 8.78. The molecule has 1 saturated heterocycles. The molecular weight excluding hydrogens is 352 g/mol. The summed E-state index contributed by atoms with van der Waals surface area (Å²) in [5.74, 6) is -1.64. The molecule has 1 aliphatic rings. The van der Waals surface area contributed by atoms with Gasteiger partial charge in [-0.25, -0.2) is 4.79 Å². The molecule has 1 aromatic carbocycles. The van der Waals surface area contributed by atoms with Gasteiger partial charge in [-0.1, -0.05) is 37.1 Å². The number of nitriles is 1. The Hall–Kier alpha value is -1.90. The van der Waals surface area contributed by atoms with Gasteiger partial charge >= 0.3 is 5.97 Å². The van der Waals surface area contributed by atoms with E-state index >= 15 is 0 Å². The lowest BCUT2D eigenvalue weighted by atomic mass is 9.76. The van der Waals surface area contributed by atoms with Gasteiger partial charge in [0.15, 0.2) is 0 Å². The van der Waals surface area contributed by atoms with Crippen LogP contribution in [0.5, 0.6) is 0 Å². The highest BCUT2D eigenvalue weighted by Crippen LogP contribution is 2.45. The van der Waals surface area contributed by atoms with Crippen LogP contribution in [0.4, 0.5) is 0 Å². The zero-order valence-electron chi connectivity index (χ0n) is 15.6. The molecule has 1 heterocycles. The van der Waals surface area contributed by atoms with Crippen molar-refractivity contribution in [2.45, 2.75) is 57.7 Å². The SMILES string of the molecule is CCC[C@@H]1[C@@H](C=O)[C@@H](c2cccc(Cl)c2)N[C@@]1(C#N)C(=O)OC(C)(C)C. The van der Waals surface area contributed by atoms with Crippen molar-refractivity contribution in [1.82, 2.24) is 5.32 Å². The smallest absolute Gasteiger partial charge is 0.342 e. The van der Waals surface area contributed by atoms with Gasteiger partial charge in [0.1, 0.15) is 11.9 Å². The molecule has 1 aromatic rings. The lowest BCUT2D eigenvalue weighted by molar-refractivity contribution is -0.162. The molecule has 0 bridgehead atoms. The average molecular weight is 377 g/mol. The Morgan fingerprint density at radius 3 is 2.65 bits per heavy atom. The summed E-state index contributed by atoms with van der Waals surface area (Å²) in [4.78, 5) is 24.9. The zero-order chi connectivity index (χ0) is 19.5. The average Bonchev–Trinajstić information content (AvgIpc) is 2.88. The number of esters is 1. The Labute approximate surface area is 159 Å². The first-order valence-electron chi connectivity index (χ1n) is 8.81. The number of rotatable bonds is 5. The molecule has 5 nitrogen and oxygen atoms in total. The third-order valence-electron chi connectivity index (χ3n) is 4.65.